The van der Waals surface area contributed by atoms with Crippen molar-refractivity contribution < 1.29 is 22.4 Å². The second-order valence-electron chi connectivity index (χ2n) is 5.72. The van der Waals surface area contributed by atoms with E-state index in [0.717, 1.165) is 23.8 Å². The first kappa shape index (κ1) is 20.0. The molecular weight excluding hydrogens is 414 g/mol. The van der Waals surface area contributed by atoms with E-state index in [-0.39, 0.29) is 10.7 Å². The van der Waals surface area contributed by atoms with Crippen molar-refractivity contribution in [3.8, 4) is 11.3 Å². The highest BCUT2D eigenvalue weighted by Crippen LogP contribution is 2.33. The number of rotatable bonds is 4. The quantitative estimate of drug-likeness (QED) is 0.460. The lowest BCUT2D eigenvalue weighted by Crippen LogP contribution is -2.10. The summed E-state index contributed by atoms with van der Waals surface area (Å²) in [4.78, 5) is 12.0. The van der Waals surface area contributed by atoms with Gasteiger partial charge in [-0.15, -0.1) is 0 Å². The van der Waals surface area contributed by atoms with E-state index in [9.17, 15) is 18.0 Å². The first-order valence-electron chi connectivity index (χ1n) is 7.94. The van der Waals surface area contributed by atoms with Crippen LogP contribution in [0, 0.1) is 0 Å². The van der Waals surface area contributed by atoms with E-state index in [1.54, 1.807) is 36.4 Å². The number of amides is 1. The second-order valence-corrected chi connectivity index (χ2v) is 6.57. The third kappa shape index (κ3) is 4.97. The number of nitrogens with one attached hydrogen (secondary N) is 1. The van der Waals surface area contributed by atoms with Crippen LogP contribution in [0.4, 0.5) is 18.9 Å². The number of hydrogen-bond acceptors (Lipinski definition) is 2. The normalized spacial score (nSPS) is 11.8. The van der Waals surface area contributed by atoms with E-state index >= 15 is 0 Å². The summed E-state index contributed by atoms with van der Waals surface area (Å²) in [5.41, 5.74) is 0.00649. The molecule has 3 nitrogen and oxygen atoms in total. The molecule has 3 rings (SSSR count). The molecule has 8 heteroatoms. The molecular formula is C20H12Cl2F3NO2. The van der Waals surface area contributed by atoms with Crippen LogP contribution in [0.3, 0.4) is 0 Å². The topological polar surface area (TPSA) is 42.2 Å². The molecule has 28 heavy (non-hydrogen) atoms. The summed E-state index contributed by atoms with van der Waals surface area (Å²) in [6.45, 7) is 0. The van der Waals surface area contributed by atoms with Gasteiger partial charge in [-0.25, -0.2) is 0 Å². The van der Waals surface area contributed by atoms with Gasteiger partial charge in [0.15, 0.2) is 0 Å². The Bertz CT molecular complexity index is 1020. The maximum atomic E-state index is 12.6. The van der Waals surface area contributed by atoms with Crippen molar-refractivity contribution in [3.05, 3.63) is 82.0 Å². The average Bonchev–Trinajstić information content (AvgIpc) is 3.10. The molecule has 144 valence electrons. The summed E-state index contributed by atoms with van der Waals surface area (Å²) in [5.74, 6) is 0.465. The average molecular weight is 426 g/mol. The fourth-order valence-corrected chi connectivity index (χ4v) is 2.69. The van der Waals surface area contributed by atoms with Crippen LogP contribution in [0.5, 0.6) is 0 Å². The van der Waals surface area contributed by atoms with E-state index in [0.29, 0.717) is 16.5 Å². The van der Waals surface area contributed by atoms with Crippen LogP contribution < -0.4 is 5.32 Å². The molecule has 0 spiro atoms. The number of halogens is 5. The lowest BCUT2D eigenvalue weighted by atomic mass is 10.2. The van der Waals surface area contributed by atoms with Gasteiger partial charge in [-0.1, -0.05) is 23.2 Å². The summed E-state index contributed by atoms with van der Waals surface area (Å²) < 4.78 is 43.5. The summed E-state index contributed by atoms with van der Waals surface area (Å²) in [6.07, 6.45) is -1.88. The molecule has 1 aromatic heterocycles. The van der Waals surface area contributed by atoms with Gasteiger partial charge in [-0.2, -0.15) is 13.2 Å². The maximum Gasteiger partial charge on any atom is 0.416 e. The van der Waals surface area contributed by atoms with Gasteiger partial charge in [0.2, 0.25) is 5.91 Å². The fraction of sp³-hybridized carbons (Fsp3) is 0.0500. The Morgan fingerprint density at radius 3 is 2.36 bits per heavy atom. The fourth-order valence-electron chi connectivity index (χ4n) is 2.34. The van der Waals surface area contributed by atoms with Crippen molar-refractivity contribution in [2.45, 2.75) is 6.18 Å². The molecule has 1 amide bonds. The van der Waals surface area contributed by atoms with Crippen LogP contribution in [0.15, 0.2) is 65.1 Å². The van der Waals surface area contributed by atoms with Crippen LogP contribution in [-0.4, -0.2) is 5.91 Å². The number of furan rings is 1. The van der Waals surface area contributed by atoms with Crippen molar-refractivity contribution in [1.82, 2.24) is 0 Å². The predicted octanol–water partition coefficient (Wildman–Crippen LogP) is 6.92. The van der Waals surface area contributed by atoms with Gasteiger partial charge in [0.1, 0.15) is 11.5 Å². The highest BCUT2D eigenvalue weighted by atomic mass is 35.5. The highest BCUT2D eigenvalue weighted by Gasteiger charge is 2.30. The van der Waals surface area contributed by atoms with Crippen LogP contribution in [-0.2, 0) is 11.0 Å². The van der Waals surface area contributed by atoms with Gasteiger partial charge in [0, 0.05) is 16.7 Å². The number of carbonyl (C=O) groups excluding carboxylic acids is 1. The Labute approximate surface area is 168 Å². The van der Waals surface area contributed by atoms with E-state index in [1.807, 2.05) is 0 Å². The highest BCUT2D eigenvalue weighted by molar-refractivity contribution is 6.34. The van der Waals surface area contributed by atoms with Gasteiger partial charge < -0.3 is 9.73 Å². The minimum atomic E-state index is -4.51. The molecule has 0 aliphatic carbocycles. The number of benzene rings is 2. The molecule has 2 aromatic carbocycles. The van der Waals surface area contributed by atoms with Crippen molar-refractivity contribution in [1.29, 1.82) is 0 Å². The van der Waals surface area contributed by atoms with Crippen LogP contribution >= 0.6 is 23.2 Å². The zero-order chi connectivity index (χ0) is 20.3. The maximum absolute atomic E-state index is 12.6. The van der Waals surface area contributed by atoms with Gasteiger partial charge >= 0.3 is 6.18 Å². The number of carbonyl (C=O) groups is 1. The minimum Gasteiger partial charge on any atom is -0.457 e. The van der Waals surface area contributed by atoms with E-state index in [1.165, 1.54) is 12.2 Å². The van der Waals surface area contributed by atoms with Gasteiger partial charge in [-0.3, -0.25) is 4.79 Å². The lowest BCUT2D eigenvalue weighted by molar-refractivity contribution is -0.137. The molecule has 0 radical (unpaired) electrons. The molecule has 0 atom stereocenters. The molecule has 1 N–H and O–H groups in total. The summed E-state index contributed by atoms with van der Waals surface area (Å²) in [6, 6.07) is 13.2. The second kappa shape index (κ2) is 8.12. The first-order chi connectivity index (χ1) is 13.2. The Kier molecular flexibility index (Phi) is 5.82. The number of alkyl halides is 3. The van der Waals surface area contributed by atoms with E-state index in [4.69, 9.17) is 27.6 Å². The van der Waals surface area contributed by atoms with Gasteiger partial charge in [0.05, 0.1) is 16.3 Å². The van der Waals surface area contributed by atoms with Gasteiger partial charge in [0.25, 0.3) is 0 Å². The molecule has 3 aromatic rings. The van der Waals surface area contributed by atoms with Crippen LogP contribution in [0.2, 0.25) is 10.0 Å². The van der Waals surface area contributed by atoms with E-state index < -0.39 is 17.6 Å². The summed E-state index contributed by atoms with van der Waals surface area (Å²) in [7, 11) is 0. The van der Waals surface area contributed by atoms with Crippen LogP contribution in [0.25, 0.3) is 17.4 Å². The minimum absolute atomic E-state index is 0.0746. The third-order valence-electron chi connectivity index (χ3n) is 3.71. The molecule has 0 unspecified atom stereocenters. The molecule has 0 saturated carbocycles. The molecule has 0 aliphatic rings. The molecule has 0 fully saturated rings. The Balaban J connectivity index is 1.67. The van der Waals surface area contributed by atoms with Crippen molar-refractivity contribution >= 4 is 40.9 Å². The first-order valence-corrected chi connectivity index (χ1v) is 8.69. The molecule has 0 aliphatic heterocycles. The number of hydrogen-bond donors (Lipinski definition) is 1. The monoisotopic (exact) mass is 425 g/mol. The molecule has 0 saturated heterocycles. The zero-order valence-corrected chi connectivity index (χ0v) is 15.6. The Hall–Kier alpha value is -2.70. The standard InChI is InChI=1S/C20H12Cl2F3NO2/c21-14-4-1-12(2-5-14)18-9-6-15(28-18)7-10-19(27)26-17-8-3-13(11-16(17)22)20(23,24)25/h1-11H,(H,26,27)/b10-7+. The molecule has 1 heterocycles. The Morgan fingerprint density at radius 1 is 1.00 bits per heavy atom. The summed E-state index contributed by atoms with van der Waals surface area (Å²) in [5, 5.41) is 2.82. The Morgan fingerprint density at radius 2 is 1.71 bits per heavy atom. The van der Waals surface area contributed by atoms with Crippen molar-refractivity contribution in [2.24, 2.45) is 0 Å². The van der Waals surface area contributed by atoms with E-state index in [2.05, 4.69) is 5.32 Å². The zero-order valence-electron chi connectivity index (χ0n) is 14.1. The van der Waals surface area contributed by atoms with Gasteiger partial charge in [-0.05, 0) is 60.7 Å². The summed E-state index contributed by atoms with van der Waals surface area (Å²) >= 11 is 11.7. The smallest absolute Gasteiger partial charge is 0.416 e. The molecule has 0 bridgehead atoms. The van der Waals surface area contributed by atoms with Crippen molar-refractivity contribution in [2.75, 3.05) is 5.32 Å². The lowest BCUT2D eigenvalue weighted by Gasteiger charge is -2.10. The predicted molar refractivity (Wildman–Crippen MR) is 103 cm³/mol. The largest absolute Gasteiger partial charge is 0.457 e. The van der Waals surface area contributed by atoms with Crippen LogP contribution in [0.1, 0.15) is 11.3 Å². The SMILES string of the molecule is O=C(/C=C/c1ccc(-c2ccc(Cl)cc2)o1)Nc1ccc(C(F)(F)F)cc1Cl. The van der Waals surface area contributed by atoms with Crippen molar-refractivity contribution in [3.63, 3.8) is 0 Å². The number of anilines is 1. The third-order valence-corrected chi connectivity index (χ3v) is 4.27.